The van der Waals surface area contributed by atoms with Gasteiger partial charge in [0.25, 0.3) is 0 Å². The Balaban J connectivity index is 1.75. The van der Waals surface area contributed by atoms with Gasteiger partial charge in [-0.15, -0.1) is 0 Å². The molecular formula is C13H17N3. The van der Waals surface area contributed by atoms with Crippen molar-refractivity contribution in [3.63, 3.8) is 0 Å². The first kappa shape index (κ1) is 9.97. The topological polar surface area (TPSA) is 29.0 Å². The second kappa shape index (κ2) is 3.98. The summed E-state index contributed by atoms with van der Waals surface area (Å²) < 4.78 is 0. The average molecular weight is 215 g/mol. The maximum absolute atomic E-state index is 4.25. The van der Waals surface area contributed by atoms with Crippen LogP contribution in [0.4, 0.5) is 0 Å². The van der Waals surface area contributed by atoms with Crippen LogP contribution < -0.4 is 0 Å². The lowest BCUT2D eigenvalue weighted by molar-refractivity contribution is 0.197. The van der Waals surface area contributed by atoms with Crippen molar-refractivity contribution in [3.05, 3.63) is 35.7 Å². The number of nitrogens with zero attached hydrogens (tertiary/aromatic N) is 3. The van der Waals surface area contributed by atoms with Gasteiger partial charge in [0.05, 0.1) is 11.4 Å². The summed E-state index contributed by atoms with van der Waals surface area (Å²) in [6.07, 6.45) is 8.53. The van der Waals surface area contributed by atoms with E-state index in [2.05, 4.69) is 33.3 Å². The molecule has 1 fully saturated rings. The molecule has 1 saturated heterocycles. The molecule has 3 heteroatoms. The van der Waals surface area contributed by atoms with Gasteiger partial charge in [-0.2, -0.15) is 10.2 Å². The predicted molar refractivity (Wildman–Crippen MR) is 62.9 cm³/mol. The molecular weight excluding hydrogens is 198 g/mol. The molecule has 84 valence electrons. The molecule has 2 bridgehead atoms. The highest BCUT2D eigenvalue weighted by Crippen LogP contribution is 2.32. The minimum atomic E-state index is 0.641. The fourth-order valence-corrected chi connectivity index (χ4v) is 2.76. The van der Waals surface area contributed by atoms with Crippen LogP contribution in [-0.4, -0.2) is 27.2 Å². The summed E-state index contributed by atoms with van der Waals surface area (Å²) in [6, 6.07) is 5.52. The summed E-state index contributed by atoms with van der Waals surface area (Å²) in [4.78, 5) is 2.57. The molecule has 3 rings (SSSR count). The molecule has 0 spiro atoms. The van der Waals surface area contributed by atoms with E-state index >= 15 is 0 Å². The Bertz CT molecular complexity index is 396. The van der Waals surface area contributed by atoms with E-state index < -0.39 is 0 Å². The third-order valence-electron chi connectivity index (χ3n) is 3.65. The minimum absolute atomic E-state index is 0.641. The molecule has 0 N–H and O–H groups in total. The molecule has 2 aliphatic rings. The zero-order valence-corrected chi connectivity index (χ0v) is 9.63. The van der Waals surface area contributed by atoms with E-state index in [9.17, 15) is 0 Å². The molecule has 2 aliphatic heterocycles. The first-order valence-electron chi connectivity index (χ1n) is 6.04. The van der Waals surface area contributed by atoms with Crippen molar-refractivity contribution in [1.82, 2.24) is 15.1 Å². The van der Waals surface area contributed by atoms with Gasteiger partial charge in [-0.05, 0) is 38.3 Å². The van der Waals surface area contributed by atoms with Gasteiger partial charge in [-0.3, -0.25) is 4.90 Å². The van der Waals surface area contributed by atoms with E-state index in [1.165, 1.54) is 19.3 Å². The summed E-state index contributed by atoms with van der Waals surface area (Å²) >= 11 is 0. The van der Waals surface area contributed by atoms with Gasteiger partial charge in [-0.25, -0.2) is 0 Å². The fourth-order valence-electron chi connectivity index (χ4n) is 2.76. The van der Waals surface area contributed by atoms with Crippen LogP contribution in [0.3, 0.4) is 0 Å². The zero-order valence-electron chi connectivity index (χ0n) is 9.63. The van der Waals surface area contributed by atoms with Crippen molar-refractivity contribution in [2.45, 2.75) is 44.8 Å². The van der Waals surface area contributed by atoms with E-state index in [0.29, 0.717) is 6.04 Å². The smallest absolute Gasteiger partial charge is 0.0771 e. The third-order valence-corrected chi connectivity index (χ3v) is 3.65. The zero-order chi connectivity index (χ0) is 11.0. The second-order valence-corrected chi connectivity index (χ2v) is 4.80. The van der Waals surface area contributed by atoms with Crippen LogP contribution in [-0.2, 0) is 6.54 Å². The highest BCUT2D eigenvalue weighted by molar-refractivity contribution is 5.11. The minimum Gasteiger partial charge on any atom is -0.288 e. The van der Waals surface area contributed by atoms with Crippen LogP contribution in [0.25, 0.3) is 0 Å². The second-order valence-electron chi connectivity index (χ2n) is 4.80. The van der Waals surface area contributed by atoms with E-state index in [-0.39, 0.29) is 0 Å². The van der Waals surface area contributed by atoms with Crippen LogP contribution in [0.5, 0.6) is 0 Å². The van der Waals surface area contributed by atoms with Crippen molar-refractivity contribution >= 4 is 0 Å². The van der Waals surface area contributed by atoms with Gasteiger partial charge < -0.3 is 0 Å². The summed E-state index contributed by atoms with van der Waals surface area (Å²) in [6.45, 7) is 2.93. The predicted octanol–water partition coefficient (Wildman–Crippen LogP) is 2.08. The number of aromatic nitrogens is 2. The maximum Gasteiger partial charge on any atom is 0.0771 e. The van der Waals surface area contributed by atoms with E-state index in [1.807, 2.05) is 13.0 Å². The monoisotopic (exact) mass is 215 g/mol. The molecule has 2 atom stereocenters. The summed E-state index contributed by atoms with van der Waals surface area (Å²) in [5.41, 5.74) is 2.09. The molecule has 1 aromatic rings. The standard InChI is InChI=1S/C13H17N3/c1-10-5-6-11(15-14-10)9-16-12-3-2-4-13(16)8-7-12/h2-3,5-6,12-13H,4,7-9H2,1H3. The molecule has 16 heavy (non-hydrogen) atoms. The van der Waals surface area contributed by atoms with Crippen LogP contribution in [0.2, 0.25) is 0 Å². The number of hydrogen-bond acceptors (Lipinski definition) is 3. The van der Waals surface area contributed by atoms with Gasteiger partial charge in [0.15, 0.2) is 0 Å². The average Bonchev–Trinajstić information content (AvgIpc) is 2.52. The van der Waals surface area contributed by atoms with Gasteiger partial charge in [0, 0.05) is 18.6 Å². The van der Waals surface area contributed by atoms with Gasteiger partial charge in [0.2, 0.25) is 0 Å². The Labute approximate surface area is 96.2 Å². The number of hydrogen-bond donors (Lipinski definition) is 0. The first-order valence-corrected chi connectivity index (χ1v) is 6.04. The Kier molecular flexibility index (Phi) is 2.48. The van der Waals surface area contributed by atoms with E-state index in [1.54, 1.807) is 0 Å². The van der Waals surface area contributed by atoms with Gasteiger partial charge in [0.1, 0.15) is 0 Å². The largest absolute Gasteiger partial charge is 0.288 e. The molecule has 0 aromatic carbocycles. The molecule has 3 heterocycles. The van der Waals surface area contributed by atoms with E-state index in [0.717, 1.165) is 24.0 Å². The maximum atomic E-state index is 4.25. The number of fused-ring (bicyclic) bond motifs is 2. The van der Waals surface area contributed by atoms with Crippen LogP contribution >= 0.6 is 0 Å². The first-order chi connectivity index (χ1) is 7.83. The quantitative estimate of drug-likeness (QED) is 0.707. The summed E-state index contributed by atoms with van der Waals surface area (Å²) in [5.74, 6) is 0. The third kappa shape index (κ3) is 1.76. The lowest BCUT2D eigenvalue weighted by Gasteiger charge is -2.30. The molecule has 0 aliphatic carbocycles. The Hall–Kier alpha value is -1.22. The molecule has 2 unspecified atom stereocenters. The number of rotatable bonds is 2. The SMILES string of the molecule is Cc1ccc(CN2C3C=CCC2CC3)nn1. The lowest BCUT2D eigenvalue weighted by Crippen LogP contribution is -2.36. The lowest BCUT2D eigenvalue weighted by atomic mass is 10.1. The van der Waals surface area contributed by atoms with Crippen molar-refractivity contribution in [3.8, 4) is 0 Å². The Morgan fingerprint density at radius 3 is 3.00 bits per heavy atom. The molecule has 0 saturated carbocycles. The van der Waals surface area contributed by atoms with Crippen molar-refractivity contribution in [2.24, 2.45) is 0 Å². The van der Waals surface area contributed by atoms with Crippen molar-refractivity contribution < 1.29 is 0 Å². The highest BCUT2D eigenvalue weighted by atomic mass is 15.2. The number of aryl methyl sites for hydroxylation is 1. The molecule has 0 radical (unpaired) electrons. The normalized spacial score (nSPS) is 28.6. The van der Waals surface area contributed by atoms with Crippen molar-refractivity contribution in [1.29, 1.82) is 0 Å². The fraction of sp³-hybridized carbons (Fsp3) is 0.538. The van der Waals surface area contributed by atoms with Gasteiger partial charge in [-0.1, -0.05) is 12.2 Å². The molecule has 0 amide bonds. The highest BCUT2D eigenvalue weighted by Gasteiger charge is 2.33. The Morgan fingerprint density at radius 1 is 1.31 bits per heavy atom. The van der Waals surface area contributed by atoms with Gasteiger partial charge >= 0.3 is 0 Å². The summed E-state index contributed by atoms with van der Waals surface area (Å²) in [7, 11) is 0. The summed E-state index contributed by atoms with van der Waals surface area (Å²) in [5, 5.41) is 8.37. The van der Waals surface area contributed by atoms with Crippen LogP contribution in [0.1, 0.15) is 30.7 Å². The molecule has 3 nitrogen and oxygen atoms in total. The van der Waals surface area contributed by atoms with Crippen LogP contribution in [0, 0.1) is 6.92 Å². The van der Waals surface area contributed by atoms with Crippen LogP contribution in [0.15, 0.2) is 24.3 Å². The van der Waals surface area contributed by atoms with Crippen molar-refractivity contribution in [2.75, 3.05) is 0 Å². The molecule has 1 aromatic heterocycles. The van der Waals surface area contributed by atoms with E-state index in [4.69, 9.17) is 0 Å². The Morgan fingerprint density at radius 2 is 2.25 bits per heavy atom.